The first-order valence-electron chi connectivity index (χ1n) is 6.06. The number of halogens is 1. The van der Waals surface area contributed by atoms with Crippen LogP contribution in [0.15, 0.2) is 48.5 Å². The van der Waals surface area contributed by atoms with Gasteiger partial charge in [-0.3, -0.25) is 0 Å². The molecule has 2 aromatic carbocycles. The third-order valence-corrected chi connectivity index (χ3v) is 2.96. The van der Waals surface area contributed by atoms with Crippen LogP contribution in [0.4, 0.5) is 0 Å². The molecule has 0 aliphatic carbocycles. The number of rotatable bonds is 5. The van der Waals surface area contributed by atoms with Gasteiger partial charge in [-0.05, 0) is 48.4 Å². The molecule has 0 heterocycles. The molecule has 1 atom stereocenters. The highest BCUT2D eigenvalue weighted by atomic mass is 35.5. The van der Waals surface area contributed by atoms with Crippen LogP contribution in [0.3, 0.4) is 0 Å². The Bertz CT molecular complexity index is 511. The third kappa shape index (κ3) is 4.24. The van der Waals surface area contributed by atoms with E-state index in [0.717, 1.165) is 17.1 Å². The van der Waals surface area contributed by atoms with Gasteiger partial charge in [0.15, 0.2) is 0 Å². The Hall–Kier alpha value is -1.55. The predicted octanol–water partition coefficient (Wildman–Crippen LogP) is 2.99. The van der Waals surface area contributed by atoms with Gasteiger partial charge < -0.3 is 15.6 Å². The molecule has 19 heavy (non-hydrogen) atoms. The number of aliphatic hydroxyl groups is 1. The van der Waals surface area contributed by atoms with E-state index in [9.17, 15) is 0 Å². The summed E-state index contributed by atoms with van der Waals surface area (Å²) in [5.74, 6) is 1.49. The quantitative estimate of drug-likeness (QED) is 0.883. The van der Waals surface area contributed by atoms with Crippen molar-refractivity contribution in [3.05, 3.63) is 59.1 Å². The molecule has 3 N–H and O–H groups in total. The zero-order valence-corrected chi connectivity index (χ0v) is 11.2. The average molecular weight is 278 g/mol. The van der Waals surface area contributed by atoms with Crippen LogP contribution in [0.1, 0.15) is 5.56 Å². The first kappa shape index (κ1) is 13.9. The zero-order valence-electron chi connectivity index (χ0n) is 10.4. The third-order valence-electron chi connectivity index (χ3n) is 2.71. The van der Waals surface area contributed by atoms with Crippen molar-refractivity contribution in [2.45, 2.75) is 12.5 Å². The van der Waals surface area contributed by atoms with Crippen LogP contribution >= 0.6 is 11.6 Å². The normalized spacial score (nSPS) is 12.2. The molecule has 0 aliphatic heterocycles. The maximum absolute atomic E-state index is 8.91. The predicted molar refractivity (Wildman–Crippen MR) is 76.7 cm³/mol. The fourth-order valence-electron chi connectivity index (χ4n) is 1.70. The lowest BCUT2D eigenvalue weighted by Crippen LogP contribution is -2.26. The number of nitrogens with two attached hydrogens (primary N) is 1. The fourth-order valence-corrected chi connectivity index (χ4v) is 1.83. The molecule has 0 fully saturated rings. The van der Waals surface area contributed by atoms with Crippen molar-refractivity contribution in [3.8, 4) is 11.5 Å². The van der Waals surface area contributed by atoms with Gasteiger partial charge in [0.1, 0.15) is 11.5 Å². The van der Waals surface area contributed by atoms with Crippen molar-refractivity contribution in [2.24, 2.45) is 5.73 Å². The molecule has 2 rings (SSSR count). The SMILES string of the molecule is NC(CO)Cc1ccc(Oc2ccc(Cl)cc2)cc1. The Kier molecular flexibility index (Phi) is 4.80. The average Bonchev–Trinajstić information content (AvgIpc) is 2.43. The minimum absolute atomic E-state index is 0.0109. The summed E-state index contributed by atoms with van der Waals surface area (Å²) in [6.45, 7) is -0.0109. The van der Waals surface area contributed by atoms with Crippen LogP contribution < -0.4 is 10.5 Å². The number of ether oxygens (including phenoxy) is 1. The molecular formula is C15H16ClNO2. The number of benzene rings is 2. The van der Waals surface area contributed by atoms with E-state index in [0.29, 0.717) is 11.4 Å². The van der Waals surface area contributed by atoms with Gasteiger partial charge in [0.2, 0.25) is 0 Å². The van der Waals surface area contributed by atoms with E-state index in [4.69, 9.17) is 27.2 Å². The molecule has 2 aromatic rings. The molecule has 1 unspecified atom stereocenters. The Morgan fingerprint density at radius 3 is 2.05 bits per heavy atom. The molecule has 0 aliphatic rings. The highest BCUT2D eigenvalue weighted by molar-refractivity contribution is 6.30. The largest absolute Gasteiger partial charge is 0.457 e. The fraction of sp³-hybridized carbons (Fsp3) is 0.200. The summed E-state index contributed by atoms with van der Waals surface area (Å²) in [6.07, 6.45) is 0.651. The molecule has 0 bridgehead atoms. The van der Waals surface area contributed by atoms with Crippen LogP contribution in [-0.4, -0.2) is 17.8 Å². The second-order valence-electron chi connectivity index (χ2n) is 4.35. The van der Waals surface area contributed by atoms with Gasteiger partial charge >= 0.3 is 0 Å². The summed E-state index contributed by atoms with van der Waals surface area (Å²) in [6, 6.07) is 14.6. The standard InChI is InChI=1S/C15H16ClNO2/c16-12-3-7-15(8-4-12)19-14-5-1-11(2-6-14)9-13(17)10-18/h1-8,13,18H,9-10,17H2. The van der Waals surface area contributed by atoms with Gasteiger partial charge in [-0.1, -0.05) is 23.7 Å². The van der Waals surface area contributed by atoms with Crippen molar-refractivity contribution in [1.29, 1.82) is 0 Å². The van der Waals surface area contributed by atoms with E-state index in [2.05, 4.69) is 0 Å². The molecule has 0 amide bonds. The second kappa shape index (κ2) is 6.57. The van der Waals surface area contributed by atoms with E-state index >= 15 is 0 Å². The summed E-state index contributed by atoms with van der Waals surface area (Å²) < 4.78 is 5.68. The molecule has 3 nitrogen and oxygen atoms in total. The van der Waals surface area contributed by atoms with Gasteiger partial charge in [-0.15, -0.1) is 0 Å². The van der Waals surface area contributed by atoms with Crippen LogP contribution in [-0.2, 0) is 6.42 Å². The van der Waals surface area contributed by atoms with E-state index in [1.807, 2.05) is 36.4 Å². The molecule has 0 saturated carbocycles. The molecule has 0 spiro atoms. The van der Waals surface area contributed by atoms with E-state index in [1.54, 1.807) is 12.1 Å². The Labute approximate surface area is 117 Å². The van der Waals surface area contributed by atoms with Gasteiger partial charge in [-0.2, -0.15) is 0 Å². The lowest BCUT2D eigenvalue weighted by atomic mass is 10.1. The lowest BCUT2D eigenvalue weighted by molar-refractivity contribution is 0.265. The van der Waals surface area contributed by atoms with Crippen molar-refractivity contribution >= 4 is 11.6 Å². The van der Waals surface area contributed by atoms with Crippen molar-refractivity contribution in [1.82, 2.24) is 0 Å². The van der Waals surface area contributed by atoms with Crippen molar-refractivity contribution < 1.29 is 9.84 Å². The van der Waals surface area contributed by atoms with Crippen LogP contribution in [0.2, 0.25) is 5.02 Å². The van der Waals surface area contributed by atoms with E-state index in [1.165, 1.54) is 0 Å². The molecule has 0 radical (unpaired) electrons. The monoisotopic (exact) mass is 277 g/mol. The number of hydrogen-bond donors (Lipinski definition) is 2. The highest BCUT2D eigenvalue weighted by Crippen LogP contribution is 2.23. The smallest absolute Gasteiger partial charge is 0.127 e. The van der Waals surface area contributed by atoms with Gasteiger partial charge in [0, 0.05) is 11.1 Å². The first-order chi connectivity index (χ1) is 9.17. The number of hydrogen-bond acceptors (Lipinski definition) is 3. The zero-order chi connectivity index (χ0) is 13.7. The van der Waals surface area contributed by atoms with E-state index in [-0.39, 0.29) is 12.6 Å². The van der Waals surface area contributed by atoms with Gasteiger partial charge in [0.05, 0.1) is 6.61 Å². The molecule has 0 aromatic heterocycles. The summed E-state index contributed by atoms with van der Waals surface area (Å²) >= 11 is 5.81. The molecular weight excluding hydrogens is 262 g/mol. The first-order valence-corrected chi connectivity index (χ1v) is 6.44. The lowest BCUT2D eigenvalue weighted by Gasteiger charge is -2.09. The van der Waals surface area contributed by atoms with Gasteiger partial charge in [-0.25, -0.2) is 0 Å². The van der Waals surface area contributed by atoms with Crippen LogP contribution in [0.25, 0.3) is 0 Å². The minimum Gasteiger partial charge on any atom is -0.457 e. The highest BCUT2D eigenvalue weighted by Gasteiger charge is 2.03. The Morgan fingerprint density at radius 2 is 1.53 bits per heavy atom. The Balaban J connectivity index is 2.00. The minimum atomic E-state index is -0.219. The molecule has 4 heteroatoms. The van der Waals surface area contributed by atoms with Crippen LogP contribution in [0, 0.1) is 0 Å². The van der Waals surface area contributed by atoms with Crippen molar-refractivity contribution in [3.63, 3.8) is 0 Å². The van der Waals surface area contributed by atoms with E-state index < -0.39 is 0 Å². The summed E-state index contributed by atoms with van der Waals surface area (Å²) in [4.78, 5) is 0. The summed E-state index contributed by atoms with van der Waals surface area (Å²) in [5.41, 5.74) is 6.76. The second-order valence-corrected chi connectivity index (χ2v) is 4.78. The molecule has 100 valence electrons. The van der Waals surface area contributed by atoms with Crippen molar-refractivity contribution in [2.75, 3.05) is 6.61 Å². The topological polar surface area (TPSA) is 55.5 Å². The van der Waals surface area contributed by atoms with Gasteiger partial charge in [0.25, 0.3) is 0 Å². The van der Waals surface area contributed by atoms with Crippen LogP contribution in [0.5, 0.6) is 11.5 Å². The Morgan fingerprint density at radius 1 is 1.00 bits per heavy atom. The number of aliphatic hydroxyl groups excluding tert-OH is 1. The summed E-state index contributed by atoms with van der Waals surface area (Å²) in [7, 11) is 0. The molecule has 0 saturated heterocycles. The maximum atomic E-state index is 8.91. The summed E-state index contributed by atoms with van der Waals surface area (Å²) in [5, 5.41) is 9.59. The maximum Gasteiger partial charge on any atom is 0.127 e.